The molecule has 0 aliphatic rings. The normalized spacial score (nSPS) is 12.1. The molecule has 0 nitrogen and oxygen atoms in total. The monoisotopic (exact) mass is 442 g/mol. The van der Waals surface area contributed by atoms with Crippen LogP contribution in [0.4, 0.5) is 0 Å². The average molecular weight is 443 g/mol. The van der Waals surface area contributed by atoms with Crippen molar-refractivity contribution >= 4 is 45.9 Å². The van der Waals surface area contributed by atoms with E-state index in [1.165, 1.54) is 22.3 Å². The number of thiocarbonyl (C=S) groups is 2. The molecule has 0 heterocycles. The van der Waals surface area contributed by atoms with Gasteiger partial charge in [-0.2, -0.15) is 11.8 Å². The van der Waals surface area contributed by atoms with E-state index in [0.29, 0.717) is 0 Å². The van der Waals surface area contributed by atoms with Crippen LogP contribution in [0.2, 0.25) is 0 Å². The maximum atomic E-state index is 5.64. The van der Waals surface area contributed by atoms with E-state index in [9.17, 15) is 0 Å². The van der Waals surface area contributed by atoms with Crippen LogP contribution in [0.1, 0.15) is 76.6 Å². The van der Waals surface area contributed by atoms with Crippen molar-refractivity contribution < 1.29 is 0 Å². The van der Waals surface area contributed by atoms with Crippen LogP contribution in [-0.4, -0.2) is 21.2 Å². The summed E-state index contributed by atoms with van der Waals surface area (Å²) in [5.74, 6) is 2.09. The van der Waals surface area contributed by atoms with Crippen molar-refractivity contribution in [1.29, 1.82) is 0 Å². The standard InChI is InChI=1S/C26H34S3/c1-25(2,3)21-11-7-19(8-12-21)23(27)15-17-29-18-16-24(28)20-9-13-22(14-10-20)26(4,5)6/h7-14H,15-18H2,1-6H3. The molecule has 2 rings (SSSR count). The molecule has 0 atom stereocenters. The first-order valence-corrected chi connectivity index (χ1v) is 12.3. The van der Waals surface area contributed by atoms with Crippen LogP contribution in [0.3, 0.4) is 0 Å². The highest BCUT2D eigenvalue weighted by molar-refractivity contribution is 7.99. The highest BCUT2D eigenvalue weighted by atomic mass is 32.2. The number of rotatable bonds is 8. The van der Waals surface area contributed by atoms with E-state index in [1.807, 2.05) is 11.8 Å². The van der Waals surface area contributed by atoms with Crippen LogP contribution in [0.5, 0.6) is 0 Å². The summed E-state index contributed by atoms with van der Waals surface area (Å²) in [7, 11) is 0. The Labute approximate surface area is 192 Å². The lowest BCUT2D eigenvalue weighted by Gasteiger charge is -2.19. The zero-order valence-corrected chi connectivity index (χ0v) is 21.1. The summed E-state index contributed by atoms with van der Waals surface area (Å²) in [6.45, 7) is 13.4. The van der Waals surface area contributed by atoms with Crippen LogP contribution in [0.25, 0.3) is 0 Å². The summed E-state index contributed by atoms with van der Waals surface area (Å²) in [6, 6.07) is 17.5. The molecular formula is C26H34S3. The second-order valence-electron chi connectivity index (χ2n) is 9.61. The van der Waals surface area contributed by atoms with Gasteiger partial charge in [-0.05, 0) is 57.4 Å². The van der Waals surface area contributed by atoms with E-state index >= 15 is 0 Å². The van der Waals surface area contributed by atoms with Gasteiger partial charge < -0.3 is 0 Å². The fourth-order valence-electron chi connectivity index (χ4n) is 3.03. The zero-order chi connectivity index (χ0) is 21.7. The van der Waals surface area contributed by atoms with Crippen molar-refractivity contribution in [2.24, 2.45) is 0 Å². The van der Waals surface area contributed by atoms with Gasteiger partial charge in [0.05, 0.1) is 0 Å². The molecule has 0 spiro atoms. The summed E-state index contributed by atoms with van der Waals surface area (Å²) in [5, 5.41) is 0. The molecule has 0 unspecified atom stereocenters. The van der Waals surface area contributed by atoms with Gasteiger partial charge in [0.1, 0.15) is 0 Å². The van der Waals surface area contributed by atoms with Crippen LogP contribution in [0.15, 0.2) is 48.5 Å². The third-order valence-corrected chi connectivity index (χ3v) is 6.96. The second kappa shape index (κ2) is 10.3. The minimum atomic E-state index is 0.182. The van der Waals surface area contributed by atoms with Crippen LogP contribution >= 0.6 is 36.2 Å². The molecule has 0 saturated heterocycles. The van der Waals surface area contributed by atoms with Crippen molar-refractivity contribution in [3.63, 3.8) is 0 Å². The van der Waals surface area contributed by atoms with Gasteiger partial charge in [0.25, 0.3) is 0 Å². The molecule has 0 aromatic heterocycles. The summed E-state index contributed by atoms with van der Waals surface area (Å²) >= 11 is 13.2. The molecular weight excluding hydrogens is 408 g/mol. The fraction of sp³-hybridized carbons (Fsp3) is 0.462. The molecule has 0 N–H and O–H groups in total. The molecule has 0 aliphatic carbocycles. The highest BCUT2D eigenvalue weighted by Crippen LogP contribution is 2.24. The molecule has 156 valence electrons. The van der Waals surface area contributed by atoms with Gasteiger partial charge in [-0.25, -0.2) is 0 Å². The van der Waals surface area contributed by atoms with E-state index < -0.39 is 0 Å². The number of hydrogen-bond donors (Lipinski definition) is 0. The third kappa shape index (κ3) is 7.62. The Morgan fingerprint density at radius 3 is 1.21 bits per heavy atom. The topological polar surface area (TPSA) is 0 Å². The van der Waals surface area contributed by atoms with Gasteiger partial charge in [0, 0.05) is 9.73 Å². The average Bonchev–Trinajstić information content (AvgIpc) is 2.66. The molecule has 0 saturated carbocycles. The molecule has 0 radical (unpaired) electrons. The zero-order valence-electron chi connectivity index (χ0n) is 18.7. The second-order valence-corrected chi connectivity index (χ2v) is 11.8. The number of hydrogen-bond acceptors (Lipinski definition) is 3. The SMILES string of the molecule is CC(C)(C)c1ccc(C(=S)CCSCCC(=S)c2ccc(C(C)(C)C)cc2)cc1. The maximum Gasteiger partial charge on any atom is 0.0232 e. The molecule has 2 aromatic rings. The van der Waals surface area contributed by atoms with Gasteiger partial charge in [0.2, 0.25) is 0 Å². The maximum absolute atomic E-state index is 5.64. The number of thioether (sulfide) groups is 1. The largest absolute Gasteiger partial charge is 0.161 e. The van der Waals surface area contributed by atoms with E-state index in [0.717, 1.165) is 34.1 Å². The lowest BCUT2D eigenvalue weighted by atomic mass is 9.86. The van der Waals surface area contributed by atoms with Crippen LogP contribution < -0.4 is 0 Å². The highest BCUT2D eigenvalue weighted by Gasteiger charge is 2.14. The van der Waals surface area contributed by atoms with Gasteiger partial charge in [-0.1, -0.05) is 115 Å². The van der Waals surface area contributed by atoms with Crippen molar-refractivity contribution in [3.05, 3.63) is 70.8 Å². The molecule has 29 heavy (non-hydrogen) atoms. The minimum Gasteiger partial charge on any atom is -0.161 e. The Hall–Kier alpha value is -1.03. The smallest absolute Gasteiger partial charge is 0.0232 e. The van der Waals surface area contributed by atoms with E-state index in [4.69, 9.17) is 24.4 Å². The lowest BCUT2D eigenvalue weighted by Crippen LogP contribution is -2.11. The molecule has 0 amide bonds. The summed E-state index contributed by atoms with van der Waals surface area (Å²) < 4.78 is 0. The van der Waals surface area contributed by atoms with Gasteiger partial charge in [-0.15, -0.1) is 0 Å². The Morgan fingerprint density at radius 2 is 0.931 bits per heavy atom. The predicted molar refractivity (Wildman–Crippen MR) is 140 cm³/mol. The van der Waals surface area contributed by atoms with Crippen molar-refractivity contribution in [1.82, 2.24) is 0 Å². The van der Waals surface area contributed by atoms with Crippen molar-refractivity contribution in [3.8, 4) is 0 Å². The Bertz CT molecular complexity index is 745. The van der Waals surface area contributed by atoms with Crippen molar-refractivity contribution in [2.45, 2.75) is 65.2 Å². The number of benzene rings is 2. The quantitative estimate of drug-likeness (QED) is 0.231. The van der Waals surface area contributed by atoms with E-state index in [2.05, 4.69) is 90.1 Å². The van der Waals surface area contributed by atoms with Gasteiger partial charge in [-0.3, -0.25) is 0 Å². The van der Waals surface area contributed by atoms with Crippen LogP contribution in [0, 0.1) is 0 Å². The van der Waals surface area contributed by atoms with E-state index in [1.54, 1.807) is 0 Å². The first-order valence-electron chi connectivity index (χ1n) is 10.3. The first-order chi connectivity index (χ1) is 13.5. The predicted octanol–water partition coefficient (Wildman–Crippen LogP) is 7.93. The van der Waals surface area contributed by atoms with Gasteiger partial charge >= 0.3 is 0 Å². The third-order valence-electron chi connectivity index (χ3n) is 5.09. The minimum absolute atomic E-state index is 0.182. The summed E-state index contributed by atoms with van der Waals surface area (Å²) in [6.07, 6.45) is 1.89. The molecule has 3 heteroatoms. The molecule has 0 fully saturated rings. The Morgan fingerprint density at radius 1 is 0.621 bits per heavy atom. The Balaban J connectivity index is 1.73. The van der Waals surface area contributed by atoms with Crippen molar-refractivity contribution in [2.75, 3.05) is 11.5 Å². The molecule has 0 bridgehead atoms. The summed E-state index contributed by atoms with van der Waals surface area (Å²) in [4.78, 5) is 2.11. The summed E-state index contributed by atoms with van der Waals surface area (Å²) in [5.41, 5.74) is 5.43. The van der Waals surface area contributed by atoms with Crippen LogP contribution in [-0.2, 0) is 10.8 Å². The molecule has 0 aliphatic heterocycles. The van der Waals surface area contributed by atoms with Gasteiger partial charge in [0.15, 0.2) is 0 Å². The Kier molecular flexibility index (Phi) is 8.63. The fourth-order valence-corrected chi connectivity index (χ4v) is 4.67. The lowest BCUT2D eigenvalue weighted by molar-refractivity contribution is 0.590. The van der Waals surface area contributed by atoms with E-state index in [-0.39, 0.29) is 10.8 Å². The first kappa shape index (κ1) is 24.2. The molecule has 2 aromatic carbocycles.